The van der Waals surface area contributed by atoms with Gasteiger partial charge in [0.25, 0.3) is 0 Å². The molecule has 2 atom stereocenters. The molecule has 19 heavy (non-hydrogen) atoms. The van der Waals surface area contributed by atoms with Crippen LogP contribution in [0.3, 0.4) is 0 Å². The summed E-state index contributed by atoms with van der Waals surface area (Å²) in [5.74, 6) is 0.636. The van der Waals surface area contributed by atoms with Crippen LogP contribution in [-0.2, 0) is 11.2 Å². The first-order valence-corrected chi connectivity index (χ1v) is 6.72. The largest absolute Gasteiger partial charge is 0.508 e. The maximum absolute atomic E-state index is 11.9. The van der Waals surface area contributed by atoms with Crippen LogP contribution < -0.4 is 11.1 Å². The molecule has 2 unspecified atom stereocenters. The second kappa shape index (κ2) is 7.14. The highest BCUT2D eigenvalue weighted by atomic mass is 16.3. The molecule has 0 bridgehead atoms. The minimum Gasteiger partial charge on any atom is -0.508 e. The quantitative estimate of drug-likeness (QED) is 0.733. The summed E-state index contributed by atoms with van der Waals surface area (Å²) >= 11 is 0. The first-order valence-electron chi connectivity index (χ1n) is 6.72. The first-order chi connectivity index (χ1) is 8.88. The van der Waals surface area contributed by atoms with Gasteiger partial charge in [0, 0.05) is 6.04 Å². The van der Waals surface area contributed by atoms with E-state index in [2.05, 4.69) is 19.2 Å². The zero-order valence-corrected chi connectivity index (χ0v) is 11.9. The van der Waals surface area contributed by atoms with E-state index in [9.17, 15) is 9.90 Å². The van der Waals surface area contributed by atoms with Crippen LogP contribution in [0.1, 0.15) is 32.8 Å². The van der Waals surface area contributed by atoms with Crippen molar-refractivity contribution in [3.05, 3.63) is 29.8 Å². The summed E-state index contributed by atoms with van der Waals surface area (Å²) in [4.78, 5) is 11.9. The van der Waals surface area contributed by atoms with Crippen LogP contribution in [0.25, 0.3) is 0 Å². The lowest BCUT2D eigenvalue weighted by atomic mass is 10.0. The molecule has 1 amide bonds. The molecule has 0 aliphatic rings. The van der Waals surface area contributed by atoms with Gasteiger partial charge < -0.3 is 16.2 Å². The standard InChI is InChI=1S/C15H24N2O2/c1-10(2)8-11(3)17-15(19)14(16)9-12-4-6-13(18)7-5-12/h4-7,10-11,14,18H,8-9,16H2,1-3H3,(H,17,19). The Morgan fingerprint density at radius 2 is 1.84 bits per heavy atom. The van der Waals surface area contributed by atoms with E-state index in [1.165, 1.54) is 0 Å². The number of hydrogen-bond acceptors (Lipinski definition) is 3. The van der Waals surface area contributed by atoms with Crippen LogP contribution in [0.15, 0.2) is 24.3 Å². The molecule has 4 nitrogen and oxygen atoms in total. The Morgan fingerprint density at radius 1 is 1.26 bits per heavy atom. The normalized spacial score (nSPS) is 14.2. The molecule has 0 spiro atoms. The van der Waals surface area contributed by atoms with Crippen molar-refractivity contribution in [3.8, 4) is 5.75 Å². The second-order valence-electron chi connectivity index (χ2n) is 5.52. The van der Waals surface area contributed by atoms with E-state index < -0.39 is 6.04 Å². The molecule has 106 valence electrons. The van der Waals surface area contributed by atoms with Crippen molar-refractivity contribution in [2.45, 2.75) is 45.7 Å². The molecule has 0 aromatic heterocycles. The van der Waals surface area contributed by atoms with E-state index in [-0.39, 0.29) is 17.7 Å². The number of rotatable bonds is 6. The van der Waals surface area contributed by atoms with Crippen LogP contribution in [0.2, 0.25) is 0 Å². The molecule has 0 heterocycles. The van der Waals surface area contributed by atoms with Crippen LogP contribution in [0, 0.1) is 5.92 Å². The topological polar surface area (TPSA) is 75.4 Å². The summed E-state index contributed by atoms with van der Waals surface area (Å²) in [6, 6.07) is 6.33. The summed E-state index contributed by atoms with van der Waals surface area (Å²) in [5.41, 5.74) is 6.83. The van der Waals surface area contributed by atoms with Crippen LogP contribution in [0.5, 0.6) is 5.75 Å². The van der Waals surface area contributed by atoms with E-state index in [1.807, 2.05) is 6.92 Å². The number of nitrogens with one attached hydrogen (secondary N) is 1. The lowest BCUT2D eigenvalue weighted by Gasteiger charge is -2.19. The minimum atomic E-state index is -0.556. The average molecular weight is 264 g/mol. The zero-order chi connectivity index (χ0) is 14.4. The summed E-state index contributed by atoms with van der Waals surface area (Å²) in [6.45, 7) is 6.24. The van der Waals surface area contributed by atoms with Gasteiger partial charge in [-0.05, 0) is 43.4 Å². The molecule has 0 radical (unpaired) electrons. The predicted octanol–water partition coefficient (Wildman–Crippen LogP) is 1.81. The SMILES string of the molecule is CC(C)CC(C)NC(=O)C(N)Cc1ccc(O)cc1. The summed E-state index contributed by atoms with van der Waals surface area (Å²) < 4.78 is 0. The van der Waals surface area contributed by atoms with Gasteiger partial charge in [0.2, 0.25) is 5.91 Å². The second-order valence-corrected chi connectivity index (χ2v) is 5.52. The van der Waals surface area contributed by atoms with Gasteiger partial charge >= 0.3 is 0 Å². The van der Waals surface area contributed by atoms with Crippen molar-refractivity contribution in [3.63, 3.8) is 0 Å². The number of nitrogens with two attached hydrogens (primary N) is 1. The van der Waals surface area contributed by atoms with Crippen molar-refractivity contribution in [1.29, 1.82) is 0 Å². The Hall–Kier alpha value is -1.55. The van der Waals surface area contributed by atoms with Gasteiger partial charge in [-0.15, -0.1) is 0 Å². The average Bonchev–Trinajstić information content (AvgIpc) is 2.30. The zero-order valence-electron chi connectivity index (χ0n) is 11.9. The molecule has 0 saturated carbocycles. The van der Waals surface area contributed by atoms with Gasteiger partial charge in [0.15, 0.2) is 0 Å². The Balaban J connectivity index is 2.46. The van der Waals surface area contributed by atoms with Crippen molar-refractivity contribution in [1.82, 2.24) is 5.32 Å². The van der Waals surface area contributed by atoms with Crippen molar-refractivity contribution >= 4 is 5.91 Å². The van der Waals surface area contributed by atoms with Crippen molar-refractivity contribution in [2.75, 3.05) is 0 Å². The van der Waals surface area contributed by atoms with Crippen LogP contribution >= 0.6 is 0 Å². The maximum atomic E-state index is 11.9. The van der Waals surface area contributed by atoms with E-state index in [0.29, 0.717) is 12.3 Å². The molecule has 0 aliphatic carbocycles. The highest BCUT2D eigenvalue weighted by Crippen LogP contribution is 2.11. The van der Waals surface area contributed by atoms with Crippen molar-refractivity contribution < 1.29 is 9.90 Å². The molecule has 1 aromatic rings. The monoisotopic (exact) mass is 264 g/mol. The third-order valence-corrected chi connectivity index (χ3v) is 2.94. The Bertz CT molecular complexity index is 401. The molecular formula is C15H24N2O2. The minimum absolute atomic E-state index is 0.124. The van der Waals surface area contributed by atoms with E-state index >= 15 is 0 Å². The molecule has 0 aliphatic heterocycles. The predicted molar refractivity (Wildman–Crippen MR) is 76.8 cm³/mol. The number of benzene rings is 1. The lowest BCUT2D eigenvalue weighted by Crippen LogP contribution is -2.45. The molecule has 4 N–H and O–H groups in total. The molecule has 4 heteroatoms. The summed E-state index contributed by atoms with van der Waals surface area (Å²) in [5, 5.41) is 12.1. The first kappa shape index (κ1) is 15.5. The molecule has 0 fully saturated rings. The Morgan fingerprint density at radius 3 is 2.37 bits per heavy atom. The molecule has 1 rings (SSSR count). The van der Waals surface area contributed by atoms with E-state index in [0.717, 1.165) is 12.0 Å². The summed E-state index contributed by atoms with van der Waals surface area (Å²) in [7, 11) is 0. The lowest BCUT2D eigenvalue weighted by molar-refractivity contribution is -0.123. The number of phenols is 1. The fourth-order valence-electron chi connectivity index (χ4n) is 2.09. The fourth-order valence-corrected chi connectivity index (χ4v) is 2.09. The smallest absolute Gasteiger partial charge is 0.237 e. The number of aromatic hydroxyl groups is 1. The molecule has 1 aromatic carbocycles. The third-order valence-electron chi connectivity index (χ3n) is 2.94. The van der Waals surface area contributed by atoms with Gasteiger partial charge in [-0.3, -0.25) is 4.79 Å². The van der Waals surface area contributed by atoms with Crippen LogP contribution in [0.4, 0.5) is 0 Å². The Kier molecular flexibility index (Phi) is 5.83. The van der Waals surface area contributed by atoms with E-state index in [4.69, 9.17) is 5.73 Å². The number of phenolic OH excluding ortho intramolecular Hbond substituents is 1. The van der Waals surface area contributed by atoms with Crippen LogP contribution in [-0.4, -0.2) is 23.1 Å². The maximum Gasteiger partial charge on any atom is 0.237 e. The highest BCUT2D eigenvalue weighted by Gasteiger charge is 2.16. The van der Waals surface area contributed by atoms with E-state index in [1.54, 1.807) is 24.3 Å². The molecular weight excluding hydrogens is 240 g/mol. The van der Waals surface area contributed by atoms with Crippen molar-refractivity contribution in [2.24, 2.45) is 11.7 Å². The number of amides is 1. The van der Waals surface area contributed by atoms with Gasteiger partial charge in [-0.1, -0.05) is 26.0 Å². The number of hydrogen-bond donors (Lipinski definition) is 3. The Labute approximate surface area is 115 Å². The number of carbonyl (C=O) groups is 1. The van der Waals surface area contributed by atoms with Gasteiger partial charge in [0.1, 0.15) is 5.75 Å². The fraction of sp³-hybridized carbons (Fsp3) is 0.533. The van der Waals surface area contributed by atoms with Gasteiger partial charge in [-0.2, -0.15) is 0 Å². The number of carbonyl (C=O) groups excluding carboxylic acids is 1. The highest BCUT2D eigenvalue weighted by molar-refractivity contribution is 5.82. The van der Waals surface area contributed by atoms with Gasteiger partial charge in [0.05, 0.1) is 6.04 Å². The summed E-state index contributed by atoms with van der Waals surface area (Å²) in [6.07, 6.45) is 1.41. The third kappa shape index (κ3) is 5.75. The van der Waals surface area contributed by atoms with Gasteiger partial charge in [-0.25, -0.2) is 0 Å². The molecule has 0 saturated heterocycles.